The van der Waals surface area contributed by atoms with Gasteiger partial charge in [0.05, 0.1) is 12.6 Å². The van der Waals surface area contributed by atoms with Crippen LogP contribution in [0.1, 0.15) is 0 Å². The van der Waals surface area contributed by atoms with Crippen LogP contribution in [0.25, 0.3) is 10.9 Å². The van der Waals surface area contributed by atoms with Crippen LogP contribution in [-0.2, 0) is 7.05 Å². The van der Waals surface area contributed by atoms with E-state index in [1.54, 1.807) is 24.8 Å². The molecule has 1 N–H and O–H groups in total. The zero-order valence-corrected chi connectivity index (χ0v) is 8.93. The highest BCUT2D eigenvalue weighted by molar-refractivity contribution is 5.84. The largest absolute Gasteiger partial charge is 0.512 e. The van der Waals surface area contributed by atoms with Crippen LogP contribution in [0.3, 0.4) is 0 Å². The van der Waals surface area contributed by atoms with Crippen molar-refractivity contribution in [2.75, 3.05) is 7.11 Å². The SMILES string of the molecule is COc1ccc2c(c1)cc(OC(=O)O)n2C. The Bertz CT molecular complexity index is 544. The summed E-state index contributed by atoms with van der Waals surface area (Å²) in [5, 5.41) is 9.43. The Kier molecular flexibility index (Phi) is 2.44. The van der Waals surface area contributed by atoms with Crippen molar-refractivity contribution in [3.05, 3.63) is 24.3 Å². The minimum absolute atomic E-state index is 0.288. The van der Waals surface area contributed by atoms with Gasteiger partial charge >= 0.3 is 6.16 Å². The van der Waals surface area contributed by atoms with Crippen LogP contribution < -0.4 is 9.47 Å². The van der Waals surface area contributed by atoms with Crippen LogP contribution in [0, 0.1) is 0 Å². The van der Waals surface area contributed by atoms with Crippen LogP contribution in [-0.4, -0.2) is 22.9 Å². The number of carbonyl (C=O) groups is 1. The summed E-state index contributed by atoms with van der Waals surface area (Å²) in [5.74, 6) is 1.01. The van der Waals surface area contributed by atoms with Gasteiger partial charge in [0.2, 0.25) is 5.88 Å². The number of rotatable bonds is 2. The summed E-state index contributed by atoms with van der Waals surface area (Å²) in [6.07, 6.45) is -1.32. The molecule has 0 radical (unpaired) electrons. The average molecular weight is 221 g/mol. The summed E-state index contributed by atoms with van der Waals surface area (Å²) < 4.78 is 11.4. The first kappa shape index (κ1) is 10.4. The number of benzene rings is 1. The van der Waals surface area contributed by atoms with Gasteiger partial charge in [0.15, 0.2) is 0 Å². The Morgan fingerprint density at radius 2 is 2.12 bits per heavy atom. The minimum atomic E-state index is -1.32. The molecule has 1 aromatic carbocycles. The molecule has 2 rings (SSSR count). The van der Waals surface area contributed by atoms with E-state index >= 15 is 0 Å². The fraction of sp³-hybridized carbons (Fsp3) is 0.182. The van der Waals surface area contributed by atoms with Crippen LogP contribution in [0.15, 0.2) is 24.3 Å². The second kappa shape index (κ2) is 3.77. The molecular formula is C11H11NO4. The van der Waals surface area contributed by atoms with Gasteiger partial charge in [-0.2, -0.15) is 0 Å². The van der Waals surface area contributed by atoms with E-state index in [-0.39, 0.29) is 5.88 Å². The predicted octanol–water partition coefficient (Wildman–Crippen LogP) is 2.24. The number of fused-ring (bicyclic) bond motifs is 1. The molecule has 0 spiro atoms. The molecule has 0 aliphatic heterocycles. The monoisotopic (exact) mass is 221 g/mol. The Morgan fingerprint density at radius 1 is 1.38 bits per heavy atom. The average Bonchev–Trinajstić information content (AvgIpc) is 2.54. The lowest BCUT2D eigenvalue weighted by Gasteiger charge is -2.02. The van der Waals surface area contributed by atoms with Crippen LogP contribution in [0.5, 0.6) is 11.6 Å². The molecule has 0 atom stereocenters. The molecule has 84 valence electrons. The number of methoxy groups -OCH3 is 1. The van der Waals surface area contributed by atoms with Gasteiger partial charge in [-0.3, -0.25) is 0 Å². The predicted molar refractivity (Wildman–Crippen MR) is 58.1 cm³/mol. The molecule has 1 aromatic heterocycles. The molecule has 0 aliphatic carbocycles. The highest BCUT2D eigenvalue weighted by Crippen LogP contribution is 2.27. The number of aromatic nitrogens is 1. The molecule has 2 aromatic rings. The first-order valence-corrected chi connectivity index (χ1v) is 4.66. The highest BCUT2D eigenvalue weighted by Gasteiger charge is 2.10. The summed E-state index contributed by atoms with van der Waals surface area (Å²) in [5.41, 5.74) is 0.886. The summed E-state index contributed by atoms with van der Waals surface area (Å²) in [4.78, 5) is 10.5. The van der Waals surface area contributed by atoms with E-state index in [1.807, 2.05) is 18.2 Å². The van der Waals surface area contributed by atoms with Crippen LogP contribution in [0.4, 0.5) is 4.79 Å². The molecule has 5 heteroatoms. The number of ether oxygens (including phenoxy) is 2. The second-order valence-corrected chi connectivity index (χ2v) is 3.33. The molecule has 16 heavy (non-hydrogen) atoms. The Morgan fingerprint density at radius 3 is 2.75 bits per heavy atom. The molecule has 0 amide bonds. The number of hydrogen-bond acceptors (Lipinski definition) is 3. The van der Waals surface area contributed by atoms with Crippen LogP contribution in [0.2, 0.25) is 0 Å². The molecule has 5 nitrogen and oxygen atoms in total. The van der Waals surface area contributed by atoms with Crippen molar-refractivity contribution < 1.29 is 19.4 Å². The zero-order chi connectivity index (χ0) is 11.7. The van der Waals surface area contributed by atoms with Crippen molar-refractivity contribution in [1.29, 1.82) is 0 Å². The van der Waals surface area contributed by atoms with E-state index in [1.165, 1.54) is 0 Å². The third kappa shape index (κ3) is 1.67. The van der Waals surface area contributed by atoms with E-state index in [0.29, 0.717) is 0 Å². The van der Waals surface area contributed by atoms with E-state index in [2.05, 4.69) is 4.74 Å². The lowest BCUT2D eigenvalue weighted by atomic mass is 10.2. The maximum atomic E-state index is 10.5. The van der Waals surface area contributed by atoms with Gasteiger partial charge in [0.1, 0.15) is 5.75 Å². The number of carboxylic acid groups (broad SMARTS) is 1. The number of aryl methyl sites for hydroxylation is 1. The summed E-state index contributed by atoms with van der Waals surface area (Å²) in [6.45, 7) is 0. The third-order valence-electron chi connectivity index (χ3n) is 2.40. The summed E-state index contributed by atoms with van der Waals surface area (Å²) >= 11 is 0. The quantitative estimate of drug-likeness (QED) is 0.790. The van der Waals surface area contributed by atoms with Crippen molar-refractivity contribution in [2.45, 2.75) is 0 Å². The van der Waals surface area contributed by atoms with Crippen molar-refractivity contribution in [2.24, 2.45) is 7.05 Å². The van der Waals surface area contributed by atoms with Gasteiger partial charge in [-0.15, -0.1) is 0 Å². The van der Waals surface area contributed by atoms with Crippen molar-refractivity contribution in [3.63, 3.8) is 0 Å². The maximum absolute atomic E-state index is 10.5. The molecule has 1 heterocycles. The number of hydrogen-bond donors (Lipinski definition) is 1. The van der Waals surface area contributed by atoms with Crippen LogP contribution >= 0.6 is 0 Å². The van der Waals surface area contributed by atoms with Gasteiger partial charge in [-0.1, -0.05) is 0 Å². The van der Waals surface area contributed by atoms with E-state index < -0.39 is 6.16 Å². The van der Waals surface area contributed by atoms with E-state index in [9.17, 15) is 4.79 Å². The van der Waals surface area contributed by atoms with Gasteiger partial charge in [-0.05, 0) is 18.2 Å². The van der Waals surface area contributed by atoms with E-state index in [4.69, 9.17) is 9.84 Å². The highest BCUT2D eigenvalue weighted by atomic mass is 16.7. The third-order valence-corrected chi connectivity index (χ3v) is 2.40. The Balaban J connectivity index is 2.54. The van der Waals surface area contributed by atoms with Gasteiger partial charge in [0, 0.05) is 18.5 Å². The molecule has 0 fully saturated rings. The molecule has 0 saturated heterocycles. The lowest BCUT2D eigenvalue weighted by molar-refractivity contribution is 0.141. The molecule has 0 bridgehead atoms. The normalized spacial score (nSPS) is 10.4. The molecule has 0 saturated carbocycles. The van der Waals surface area contributed by atoms with Gasteiger partial charge < -0.3 is 19.1 Å². The first-order valence-electron chi connectivity index (χ1n) is 4.66. The first-order chi connectivity index (χ1) is 7.61. The van der Waals surface area contributed by atoms with Crippen molar-refractivity contribution in [1.82, 2.24) is 4.57 Å². The topological polar surface area (TPSA) is 60.7 Å². The second-order valence-electron chi connectivity index (χ2n) is 3.33. The zero-order valence-electron chi connectivity index (χ0n) is 8.93. The summed E-state index contributed by atoms with van der Waals surface area (Å²) in [6, 6.07) is 7.14. The summed E-state index contributed by atoms with van der Waals surface area (Å²) in [7, 11) is 3.33. The fourth-order valence-electron chi connectivity index (χ4n) is 1.62. The van der Waals surface area contributed by atoms with Gasteiger partial charge in [0.25, 0.3) is 0 Å². The smallest absolute Gasteiger partial charge is 0.497 e. The van der Waals surface area contributed by atoms with Crippen molar-refractivity contribution in [3.8, 4) is 11.6 Å². The minimum Gasteiger partial charge on any atom is -0.497 e. The lowest BCUT2D eigenvalue weighted by Crippen LogP contribution is -2.06. The maximum Gasteiger partial charge on any atom is 0.512 e. The Hall–Kier alpha value is -2.17. The van der Waals surface area contributed by atoms with E-state index in [0.717, 1.165) is 16.7 Å². The van der Waals surface area contributed by atoms with Crippen molar-refractivity contribution >= 4 is 17.1 Å². The molecular weight excluding hydrogens is 210 g/mol. The van der Waals surface area contributed by atoms with Gasteiger partial charge in [-0.25, -0.2) is 4.79 Å². The standard InChI is InChI=1S/C11H11NO4/c1-12-9-4-3-8(15-2)5-7(9)6-10(12)16-11(13)14/h3-6H,1-2H3,(H,13,14). The molecule has 0 aliphatic rings. The number of nitrogens with zero attached hydrogens (tertiary/aromatic N) is 1. The Labute approximate surface area is 91.8 Å². The molecule has 0 unspecified atom stereocenters. The fourth-order valence-corrected chi connectivity index (χ4v) is 1.62.